The number of nitrogens with one attached hydrogen (secondary N) is 1. The molecular formula is C9H16INO2. The predicted molar refractivity (Wildman–Crippen MR) is 59.8 cm³/mol. The molecule has 3 nitrogen and oxygen atoms in total. The zero-order valence-corrected chi connectivity index (χ0v) is 9.79. The molecule has 0 amide bonds. The Morgan fingerprint density at radius 1 is 1.46 bits per heavy atom. The second-order valence-corrected chi connectivity index (χ2v) is 4.36. The van der Waals surface area contributed by atoms with Crippen LogP contribution in [-0.2, 0) is 4.79 Å². The van der Waals surface area contributed by atoms with E-state index in [1.807, 2.05) is 22.9 Å². The molecule has 1 saturated carbocycles. The summed E-state index contributed by atoms with van der Waals surface area (Å²) in [6, 6.07) is -0.358. The zero-order valence-electron chi connectivity index (χ0n) is 7.63. The lowest BCUT2D eigenvalue weighted by Crippen LogP contribution is -2.32. The third-order valence-electron chi connectivity index (χ3n) is 2.72. The highest BCUT2D eigenvalue weighted by atomic mass is 127. The first kappa shape index (κ1) is 11.2. The molecule has 0 radical (unpaired) electrons. The molecule has 0 unspecified atom stereocenters. The third-order valence-corrected chi connectivity index (χ3v) is 3.48. The van der Waals surface area contributed by atoms with Crippen LogP contribution in [0.2, 0.25) is 0 Å². The second-order valence-electron chi connectivity index (χ2n) is 3.74. The molecule has 1 fully saturated rings. The third kappa shape index (κ3) is 3.81. The van der Waals surface area contributed by atoms with Gasteiger partial charge in [0.05, 0.1) is 0 Å². The van der Waals surface area contributed by atoms with E-state index in [2.05, 4.69) is 3.53 Å². The SMILES string of the molecule is O=C(O)[C@H](CC1CCCCC1)NI. The van der Waals surface area contributed by atoms with E-state index in [9.17, 15) is 4.79 Å². The highest BCUT2D eigenvalue weighted by Gasteiger charge is 2.22. The van der Waals surface area contributed by atoms with Crippen molar-refractivity contribution in [3.63, 3.8) is 0 Å². The Morgan fingerprint density at radius 2 is 2.08 bits per heavy atom. The molecule has 0 saturated heterocycles. The Hall–Kier alpha value is 0.160. The lowest BCUT2D eigenvalue weighted by atomic mass is 9.85. The first-order valence-corrected chi connectivity index (χ1v) is 5.91. The summed E-state index contributed by atoms with van der Waals surface area (Å²) in [7, 11) is 0. The summed E-state index contributed by atoms with van der Waals surface area (Å²) < 4.78 is 2.82. The molecule has 0 bridgehead atoms. The van der Waals surface area contributed by atoms with Gasteiger partial charge in [-0.3, -0.25) is 4.79 Å². The van der Waals surface area contributed by atoms with Crippen LogP contribution < -0.4 is 3.53 Å². The van der Waals surface area contributed by atoms with Gasteiger partial charge in [0.2, 0.25) is 0 Å². The molecule has 76 valence electrons. The number of rotatable bonds is 4. The van der Waals surface area contributed by atoms with Gasteiger partial charge in [0, 0.05) is 22.9 Å². The van der Waals surface area contributed by atoms with E-state index < -0.39 is 5.97 Å². The first-order chi connectivity index (χ1) is 6.24. The molecule has 0 heterocycles. The average molecular weight is 297 g/mol. The van der Waals surface area contributed by atoms with Gasteiger partial charge < -0.3 is 5.11 Å². The normalized spacial score (nSPS) is 21.3. The molecule has 0 aromatic carbocycles. The van der Waals surface area contributed by atoms with Crippen molar-refractivity contribution in [1.82, 2.24) is 3.53 Å². The van der Waals surface area contributed by atoms with Crippen LogP contribution in [0.15, 0.2) is 0 Å². The number of carboxylic acid groups (broad SMARTS) is 1. The average Bonchev–Trinajstić information content (AvgIpc) is 2.15. The van der Waals surface area contributed by atoms with E-state index in [0.29, 0.717) is 5.92 Å². The molecule has 0 aromatic heterocycles. The van der Waals surface area contributed by atoms with Crippen LogP contribution >= 0.6 is 22.9 Å². The Labute approximate surface area is 92.8 Å². The molecule has 1 atom stereocenters. The van der Waals surface area contributed by atoms with Gasteiger partial charge >= 0.3 is 5.97 Å². The number of carbonyl (C=O) groups is 1. The van der Waals surface area contributed by atoms with Gasteiger partial charge in [0.25, 0.3) is 0 Å². The fraction of sp³-hybridized carbons (Fsp3) is 0.889. The van der Waals surface area contributed by atoms with Crippen molar-refractivity contribution in [1.29, 1.82) is 0 Å². The summed E-state index contributed by atoms with van der Waals surface area (Å²) in [4.78, 5) is 10.7. The van der Waals surface area contributed by atoms with Crippen molar-refractivity contribution in [2.24, 2.45) is 5.92 Å². The number of aliphatic carboxylic acids is 1. The van der Waals surface area contributed by atoms with Gasteiger partial charge in [-0.15, -0.1) is 0 Å². The molecule has 0 aliphatic heterocycles. The van der Waals surface area contributed by atoms with E-state index in [4.69, 9.17) is 5.11 Å². The van der Waals surface area contributed by atoms with Crippen LogP contribution in [0.1, 0.15) is 38.5 Å². The highest BCUT2D eigenvalue weighted by Crippen LogP contribution is 2.27. The fourth-order valence-electron chi connectivity index (χ4n) is 1.95. The maximum atomic E-state index is 10.7. The number of hydrogen-bond donors (Lipinski definition) is 2. The maximum Gasteiger partial charge on any atom is 0.321 e. The van der Waals surface area contributed by atoms with Crippen molar-refractivity contribution in [3.05, 3.63) is 0 Å². The van der Waals surface area contributed by atoms with E-state index in [1.54, 1.807) is 0 Å². The maximum absolute atomic E-state index is 10.7. The molecule has 2 N–H and O–H groups in total. The van der Waals surface area contributed by atoms with Crippen molar-refractivity contribution in [2.45, 2.75) is 44.6 Å². The topological polar surface area (TPSA) is 49.3 Å². The standard InChI is InChI=1S/C9H16INO2/c10-11-8(9(12)13)6-7-4-2-1-3-5-7/h7-8,11H,1-6H2,(H,12,13)/t8-/m0/s1. The summed E-state index contributed by atoms with van der Waals surface area (Å²) in [5.41, 5.74) is 0. The Bertz CT molecular complexity index is 169. The van der Waals surface area contributed by atoms with Crippen LogP contribution in [0, 0.1) is 5.92 Å². The Kier molecular flexibility index (Phi) is 5.01. The van der Waals surface area contributed by atoms with Crippen LogP contribution in [0.3, 0.4) is 0 Å². The first-order valence-electron chi connectivity index (χ1n) is 4.83. The van der Waals surface area contributed by atoms with Crippen LogP contribution in [0.5, 0.6) is 0 Å². The minimum Gasteiger partial charge on any atom is -0.480 e. The Morgan fingerprint density at radius 3 is 2.54 bits per heavy atom. The van der Waals surface area contributed by atoms with Crippen LogP contribution in [-0.4, -0.2) is 17.1 Å². The van der Waals surface area contributed by atoms with Crippen LogP contribution in [0.25, 0.3) is 0 Å². The number of halogens is 1. The van der Waals surface area contributed by atoms with E-state index in [1.165, 1.54) is 32.1 Å². The number of hydrogen-bond acceptors (Lipinski definition) is 2. The quantitative estimate of drug-likeness (QED) is 0.618. The zero-order chi connectivity index (χ0) is 9.68. The molecule has 0 spiro atoms. The second kappa shape index (κ2) is 5.80. The fourth-order valence-corrected chi connectivity index (χ4v) is 2.47. The van der Waals surface area contributed by atoms with Crippen molar-refractivity contribution >= 4 is 28.8 Å². The lowest BCUT2D eigenvalue weighted by molar-refractivity contribution is -0.139. The minimum atomic E-state index is -0.722. The highest BCUT2D eigenvalue weighted by molar-refractivity contribution is 14.1. The van der Waals surface area contributed by atoms with Gasteiger partial charge in [-0.25, -0.2) is 3.53 Å². The molecule has 1 rings (SSSR count). The minimum absolute atomic E-state index is 0.358. The molecule has 4 heteroatoms. The lowest BCUT2D eigenvalue weighted by Gasteiger charge is -2.23. The molecule has 1 aliphatic rings. The van der Waals surface area contributed by atoms with E-state index >= 15 is 0 Å². The predicted octanol–water partition coefficient (Wildman–Crippen LogP) is 2.35. The largest absolute Gasteiger partial charge is 0.480 e. The van der Waals surface area contributed by atoms with Gasteiger partial charge in [-0.2, -0.15) is 0 Å². The molecular weight excluding hydrogens is 281 g/mol. The van der Waals surface area contributed by atoms with E-state index in [-0.39, 0.29) is 6.04 Å². The van der Waals surface area contributed by atoms with Gasteiger partial charge in [0.1, 0.15) is 6.04 Å². The van der Waals surface area contributed by atoms with Crippen molar-refractivity contribution in [3.8, 4) is 0 Å². The summed E-state index contributed by atoms with van der Waals surface area (Å²) in [5.74, 6) is -0.0999. The molecule has 0 aromatic rings. The van der Waals surface area contributed by atoms with Gasteiger partial charge in [-0.05, 0) is 12.3 Å². The summed E-state index contributed by atoms with van der Waals surface area (Å²) >= 11 is 1.93. The van der Waals surface area contributed by atoms with Crippen molar-refractivity contribution < 1.29 is 9.90 Å². The van der Waals surface area contributed by atoms with Crippen LogP contribution in [0.4, 0.5) is 0 Å². The summed E-state index contributed by atoms with van der Waals surface area (Å²) in [5, 5.41) is 8.84. The molecule has 13 heavy (non-hydrogen) atoms. The summed E-state index contributed by atoms with van der Waals surface area (Å²) in [6.45, 7) is 0. The van der Waals surface area contributed by atoms with Crippen molar-refractivity contribution in [2.75, 3.05) is 0 Å². The van der Waals surface area contributed by atoms with Gasteiger partial charge in [0.15, 0.2) is 0 Å². The van der Waals surface area contributed by atoms with E-state index in [0.717, 1.165) is 6.42 Å². The number of carboxylic acids is 1. The van der Waals surface area contributed by atoms with Gasteiger partial charge in [-0.1, -0.05) is 32.1 Å². The smallest absolute Gasteiger partial charge is 0.321 e. The monoisotopic (exact) mass is 297 g/mol. The summed E-state index contributed by atoms with van der Waals surface area (Å²) in [6.07, 6.45) is 7.09. The molecule has 1 aliphatic carbocycles. The Balaban J connectivity index is 2.31.